The van der Waals surface area contributed by atoms with Crippen molar-refractivity contribution in [1.29, 1.82) is 0 Å². The van der Waals surface area contributed by atoms with Crippen LogP contribution in [0.3, 0.4) is 0 Å². The highest BCUT2D eigenvalue weighted by atomic mass is 79.9. The van der Waals surface area contributed by atoms with E-state index in [1.54, 1.807) is 13.2 Å². The van der Waals surface area contributed by atoms with E-state index in [9.17, 15) is 0 Å². The minimum atomic E-state index is 0.594. The van der Waals surface area contributed by atoms with Crippen molar-refractivity contribution in [2.45, 2.75) is 0 Å². The Morgan fingerprint density at radius 1 is 1.58 bits per heavy atom. The summed E-state index contributed by atoms with van der Waals surface area (Å²) in [5, 5.41) is 0.659. The SMILES string of the molecule is COc1cccc(C#CCBr)n1. The lowest BCUT2D eigenvalue weighted by Crippen LogP contribution is -1.88. The molecular weight excluding hydrogens is 218 g/mol. The Morgan fingerprint density at radius 2 is 2.42 bits per heavy atom. The van der Waals surface area contributed by atoms with Crippen molar-refractivity contribution in [1.82, 2.24) is 4.98 Å². The minimum Gasteiger partial charge on any atom is -0.481 e. The molecule has 0 saturated carbocycles. The second-order valence-corrected chi connectivity index (χ2v) is 2.56. The lowest BCUT2D eigenvalue weighted by atomic mass is 10.3. The molecule has 0 aliphatic heterocycles. The predicted molar refractivity (Wildman–Crippen MR) is 51.5 cm³/mol. The molecule has 1 heterocycles. The number of hydrogen-bond acceptors (Lipinski definition) is 2. The summed E-state index contributed by atoms with van der Waals surface area (Å²) in [6.07, 6.45) is 0. The fraction of sp³-hybridized carbons (Fsp3) is 0.222. The number of rotatable bonds is 1. The highest BCUT2D eigenvalue weighted by molar-refractivity contribution is 9.09. The molecule has 0 aliphatic rings. The third-order valence-electron chi connectivity index (χ3n) is 1.22. The van der Waals surface area contributed by atoms with Crippen molar-refractivity contribution in [2.24, 2.45) is 0 Å². The van der Waals surface area contributed by atoms with Gasteiger partial charge in [0.15, 0.2) is 0 Å². The van der Waals surface area contributed by atoms with Crippen LogP contribution in [0.1, 0.15) is 5.69 Å². The average molecular weight is 226 g/mol. The van der Waals surface area contributed by atoms with Crippen molar-refractivity contribution in [3.63, 3.8) is 0 Å². The number of alkyl halides is 1. The van der Waals surface area contributed by atoms with Crippen molar-refractivity contribution >= 4 is 15.9 Å². The number of pyridine rings is 1. The second kappa shape index (κ2) is 4.78. The molecule has 3 heteroatoms. The maximum atomic E-state index is 4.94. The number of nitrogens with zero attached hydrogens (tertiary/aromatic N) is 1. The molecule has 0 radical (unpaired) electrons. The Morgan fingerprint density at radius 3 is 3.08 bits per heavy atom. The number of halogens is 1. The van der Waals surface area contributed by atoms with E-state index in [2.05, 4.69) is 32.8 Å². The van der Waals surface area contributed by atoms with Crippen LogP contribution in [0.15, 0.2) is 18.2 Å². The highest BCUT2D eigenvalue weighted by Gasteiger charge is 1.91. The van der Waals surface area contributed by atoms with Crippen LogP contribution in [-0.2, 0) is 0 Å². The van der Waals surface area contributed by atoms with E-state index >= 15 is 0 Å². The summed E-state index contributed by atoms with van der Waals surface area (Å²) < 4.78 is 4.94. The molecule has 0 aromatic carbocycles. The average Bonchev–Trinajstić information content (AvgIpc) is 2.15. The third kappa shape index (κ3) is 2.55. The summed E-state index contributed by atoms with van der Waals surface area (Å²) in [6, 6.07) is 5.50. The molecule has 0 bridgehead atoms. The van der Waals surface area contributed by atoms with Crippen LogP contribution >= 0.6 is 15.9 Å². The van der Waals surface area contributed by atoms with Gasteiger partial charge in [-0.3, -0.25) is 0 Å². The molecule has 1 rings (SSSR count). The fourth-order valence-corrected chi connectivity index (χ4v) is 0.862. The first-order valence-electron chi connectivity index (χ1n) is 3.42. The van der Waals surface area contributed by atoms with Gasteiger partial charge < -0.3 is 4.74 Å². The zero-order valence-corrected chi connectivity index (χ0v) is 8.26. The zero-order chi connectivity index (χ0) is 8.81. The molecule has 0 fully saturated rings. The van der Waals surface area contributed by atoms with Gasteiger partial charge in [-0.15, -0.1) is 0 Å². The highest BCUT2D eigenvalue weighted by Crippen LogP contribution is 2.04. The quantitative estimate of drug-likeness (QED) is 0.538. The van der Waals surface area contributed by atoms with E-state index in [1.807, 2.05) is 12.1 Å². The van der Waals surface area contributed by atoms with E-state index in [1.165, 1.54) is 0 Å². The first-order valence-corrected chi connectivity index (χ1v) is 4.55. The Balaban J connectivity index is 2.86. The summed E-state index contributed by atoms with van der Waals surface area (Å²) in [5.41, 5.74) is 0.730. The maximum Gasteiger partial charge on any atom is 0.214 e. The zero-order valence-electron chi connectivity index (χ0n) is 6.67. The summed E-state index contributed by atoms with van der Waals surface area (Å²) in [6.45, 7) is 0. The molecule has 0 unspecified atom stereocenters. The number of hydrogen-bond donors (Lipinski definition) is 0. The van der Waals surface area contributed by atoms with Gasteiger partial charge in [0.25, 0.3) is 0 Å². The second-order valence-electron chi connectivity index (χ2n) is 2.00. The third-order valence-corrected chi connectivity index (χ3v) is 1.50. The number of ether oxygens (including phenoxy) is 1. The summed E-state index contributed by atoms with van der Waals surface area (Å²) >= 11 is 3.21. The molecule has 1 aromatic heterocycles. The van der Waals surface area contributed by atoms with Crippen LogP contribution < -0.4 is 4.74 Å². The van der Waals surface area contributed by atoms with Crippen molar-refractivity contribution in [3.05, 3.63) is 23.9 Å². The molecular formula is C9H8BrNO. The summed E-state index contributed by atoms with van der Waals surface area (Å²) in [4.78, 5) is 4.11. The van der Waals surface area contributed by atoms with Crippen LogP contribution in [0, 0.1) is 11.8 Å². The molecule has 0 saturated heterocycles. The topological polar surface area (TPSA) is 22.1 Å². The Labute approximate surface area is 80.1 Å². The van der Waals surface area contributed by atoms with Gasteiger partial charge in [0.2, 0.25) is 5.88 Å². The molecule has 0 N–H and O–H groups in total. The van der Waals surface area contributed by atoms with Crippen LogP contribution in [0.2, 0.25) is 0 Å². The Bertz CT molecular complexity index is 314. The normalized spacial score (nSPS) is 8.50. The lowest BCUT2D eigenvalue weighted by molar-refractivity contribution is 0.397. The fourth-order valence-electron chi connectivity index (χ4n) is 0.722. The maximum absolute atomic E-state index is 4.94. The van der Waals surface area contributed by atoms with Gasteiger partial charge in [-0.25, -0.2) is 4.98 Å². The van der Waals surface area contributed by atoms with E-state index in [-0.39, 0.29) is 0 Å². The largest absolute Gasteiger partial charge is 0.481 e. The Kier molecular flexibility index (Phi) is 3.62. The van der Waals surface area contributed by atoms with Crippen LogP contribution in [0.5, 0.6) is 5.88 Å². The summed E-state index contributed by atoms with van der Waals surface area (Å²) in [5.74, 6) is 6.34. The minimum absolute atomic E-state index is 0.594. The van der Waals surface area contributed by atoms with E-state index in [0.29, 0.717) is 11.2 Å². The molecule has 0 amide bonds. The van der Waals surface area contributed by atoms with Crippen molar-refractivity contribution < 1.29 is 4.74 Å². The molecule has 2 nitrogen and oxygen atoms in total. The molecule has 1 aromatic rings. The predicted octanol–water partition coefficient (Wildman–Crippen LogP) is 1.84. The molecule has 62 valence electrons. The van der Waals surface area contributed by atoms with E-state index in [0.717, 1.165) is 5.69 Å². The van der Waals surface area contributed by atoms with Crippen molar-refractivity contribution in [3.8, 4) is 17.7 Å². The molecule has 0 aliphatic carbocycles. The van der Waals surface area contributed by atoms with Crippen LogP contribution in [0.4, 0.5) is 0 Å². The number of methoxy groups -OCH3 is 1. The first kappa shape index (κ1) is 9.08. The smallest absolute Gasteiger partial charge is 0.214 e. The van der Waals surface area contributed by atoms with Gasteiger partial charge in [-0.1, -0.05) is 27.9 Å². The van der Waals surface area contributed by atoms with E-state index in [4.69, 9.17) is 4.74 Å². The monoisotopic (exact) mass is 225 g/mol. The van der Waals surface area contributed by atoms with Gasteiger partial charge in [-0.05, 0) is 12.0 Å². The first-order chi connectivity index (χ1) is 5.86. The van der Waals surface area contributed by atoms with Gasteiger partial charge in [0, 0.05) is 6.07 Å². The van der Waals surface area contributed by atoms with Gasteiger partial charge in [0.05, 0.1) is 12.4 Å². The molecule has 12 heavy (non-hydrogen) atoms. The molecule has 0 atom stereocenters. The summed E-state index contributed by atoms with van der Waals surface area (Å²) in [7, 11) is 1.59. The van der Waals surface area contributed by atoms with Crippen LogP contribution in [-0.4, -0.2) is 17.4 Å². The van der Waals surface area contributed by atoms with Gasteiger partial charge in [0.1, 0.15) is 5.69 Å². The van der Waals surface area contributed by atoms with Gasteiger partial charge >= 0.3 is 0 Å². The molecule has 0 spiro atoms. The Hall–Kier alpha value is -1.01. The van der Waals surface area contributed by atoms with Crippen molar-refractivity contribution in [2.75, 3.05) is 12.4 Å². The number of aromatic nitrogens is 1. The van der Waals surface area contributed by atoms with Crippen LogP contribution in [0.25, 0.3) is 0 Å². The standard InChI is InChI=1S/C9H8BrNO/c1-12-9-6-2-4-8(11-9)5-3-7-10/h2,4,6H,7H2,1H3. The van der Waals surface area contributed by atoms with Gasteiger partial charge in [-0.2, -0.15) is 0 Å². The lowest BCUT2D eigenvalue weighted by Gasteiger charge is -1.96. The van der Waals surface area contributed by atoms with E-state index < -0.39 is 0 Å².